The van der Waals surface area contributed by atoms with Crippen molar-refractivity contribution in [3.8, 4) is 0 Å². The molecule has 2 aromatic rings. The highest BCUT2D eigenvalue weighted by Gasteiger charge is 2.02. The van der Waals surface area contributed by atoms with E-state index in [1.54, 1.807) is 6.92 Å². The van der Waals surface area contributed by atoms with E-state index >= 15 is 0 Å². The van der Waals surface area contributed by atoms with Gasteiger partial charge in [0.1, 0.15) is 0 Å². The third-order valence-corrected chi connectivity index (χ3v) is 2.98. The van der Waals surface area contributed by atoms with Gasteiger partial charge in [-0.3, -0.25) is 0 Å². The summed E-state index contributed by atoms with van der Waals surface area (Å²) < 4.78 is 2.14. The van der Waals surface area contributed by atoms with Crippen molar-refractivity contribution < 1.29 is 5.11 Å². The van der Waals surface area contributed by atoms with Crippen LogP contribution in [0.1, 0.15) is 30.6 Å². The normalized spacial score (nSPS) is 12.6. The molecular weight excluding hydrogens is 210 g/mol. The van der Waals surface area contributed by atoms with E-state index in [1.165, 1.54) is 5.56 Å². The van der Waals surface area contributed by atoms with Gasteiger partial charge in [-0.25, -0.2) is 0 Å². The van der Waals surface area contributed by atoms with Crippen LogP contribution >= 0.6 is 0 Å². The van der Waals surface area contributed by atoms with Crippen LogP contribution in [0.4, 0.5) is 0 Å². The Balaban J connectivity index is 1.82. The number of nitrogens with zero attached hydrogens (tertiary/aromatic N) is 1. The minimum absolute atomic E-state index is 0.370. The zero-order chi connectivity index (χ0) is 12.1. The molecule has 1 N–H and O–H groups in total. The molecule has 0 bridgehead atoms. The Morgan fingerprint density at radius 3 is 2.59 bits per heavy atom. The quantitative estimate of drug-likeness (QED) is 0.837. The molecule has 0 spiro atoms. The van der Waals surface area contributed by atoms with E-state index in [4.69, 9.17) is 0 Å². The molecule has 1 atom stereocenters. The van der Waals surface area contributed by atoms with Crippen LogP contribution in [0.2, 0.25) is 0 Å². The monoisotopic (exact) mass is 229 g/mol. The van der Waals surface area contributed by atoms with Gasteiger partial charge in [-0.1, -0.05) is 30.3 Å². The fourth-order valence-electron chi connectivity index (χ4n) is 1.96. The van der Waals surface area contributed by atoms with Crippen LogP contribution in [-0.4, -0.2) is 9.67 Å². The van der Waals surface area contributed by atoms with Crippen molar-refractivity contribution in [2.75, 3.05) is 0 Å². The van der Waals surface area contributed by atoms with Gasteiger partial charge < -0.3 is 9.67 Å². The summed E-state index contributed by atoms with van der Waals surface area (Å²) in [7, 11) is 0. The maximum absolute atomic E-state index is 9.43. The Morgan fingerprint density at radius 1 is 1.18 bits per heavy atom. The van der Waals surface area contributed by atoms with E-state index in [9.17, 15) is 5.11 Å². The van der Waals surface area contributed by atoms with Crippen molar-refractivity contribution in [3.63, 3.8) is 0 Å². The van der Waals surface area contributed by atoms with Gasteiger partial charge in [-0.05, 0) is 37.0 Å². The number of rotatable bonds is 5. The zero-order valence-corrected chi connectivity index (χ0v) is 10.2. The molecule has 90 valence electrons. The third-order valence-electron chi connectivity index (χ3n) is 2.98. The molecule has 0 saturated carbocycles. The largest absolute Gasteiger partial charge is 0.389 e. The summed E-state index contributed by atoms with van der Waals surface area (Å²) in [6.45, 7) is 2.80. The van der Waals surface area contributed by atoms with E-state index in [0.717, 1.165) is 24.9 Å². The topological polar surface area (TPSA) is 25.2 Å². The lowest BCUT2D eigenvalue weighted by molar-refractivity contribution is 0.199. The van der Waals surface area contributed by atoms with Gasteiger partial charge in [0.05, 0.1) is 6.10 Å². The third kappa shape index (κ3) is 3.46. The molecule has 0 radical (unpaired) electrons. The Kier molecular flexibility index (Phi) is 3.99. The summed E-state index contributed by atoms with van der Waals surface area (Å²) >= 11 is 0. The Morgan fingerprint density at radius 2 is 1.94 bits per heavy atom. The molecule has 1 aromatic heterocycles. The smallest absolute Gasteiger partial charge is 0.0776 e. The molecule has 0 saturated heterocycles. The van der Waals surface area contributed by atoms with Crippen LogP contribution in [0.3, 0.4) is 0 Å². The fourth-order valence-corrected chi connectivity index (χ4v) is 1.96. The lowest BCUT2D eigenvalue weighted by Crippen LogP contribution is -1.97. The molecular formula is C15H19NO. The van der Waals surface area contributed by atoms with Crippen molar-refractivity contribution in [1.29, 1.82) is 0 Å². The minimum Gasteiger partial charge on any atom is -0.389 e. The number of benzene rings is 1. The molecule has 2 rings (SSSR count). The molecule has 0 amide bonds. The number of aryl methyl sites for hydroxylation is 2. The number of aliphatic hydroxyl groups excluding tert-OH is 1. The maximum atomic E-state index is 9.43. The first kappa shape index (κ1) is 11.9. The van der Waals surface area contributed by atoms with Crippen LogP contribution in [-0.2, 0) is 13.0 Å². The Bertz CT molecular complexity index is 445. The Labute approximate surface area is 103 Å². The molecule has 0 aliphatic carbocycles. The fraction of sp³-hybridized carbons (Fsp3) is 0.333. The highest BCUT2D eigenvalue weighted by molar-refractivity contribution is 5.15. The molecule has 0 aliphatic heterocycles. The van der Waals surface area contributed by atoms with Crippen molar-refractivity contribution in [1.82, 2.24) is 4.57 Å². The lowest BCUT2D eigenvalue weighted by atomic mass is 10.1. The molecule has 2 nitrogen and oxygen atoms in total. The van der Waals surface area contributed by atoms with Gasteiger partial charge in [0, 0.05) is 18.9 Å². The highest BCUT2D eigenvalue weighted by atomic mass is 16.3. The summed E-state index contributed by atoms with van der Waals surface area (Å²) in [5, 5.41) is 9.43. The molecule has 1 heterocycles. The highest BCUT2D eigenvalue weighted by Crippen LogP contribution is 2.12. The standard InChI is InChI=1S/C15H19NO/c1-13(17)15-9-11-16(12-15)10-5-8-14-6-3-2-4-7-14/h2-4,6-7,9,11-13,17H,5,8,10H2,1H3. The van der Waals surface area contributed by atoms with Gasteiger partial charge >= 0.3 is 0 Å². The second kappa shape index (κ2) is 5.69. The summed E-state index contributed by atoms with van der Waals surface area (Å²) in [5.41, 5.74) is 2.38. The van der Waals surface area contributed by atoms with Crippen molar-refractivity contribution >= 4 is 0 Å². The Hall–Kier alpha value is -1.54. The molecule has 0 aliphatic rings. The van der Waals surface area contributed by atoms with Crippen molar-refractivity contribution in [3.05, 3.63) is 59.9 Å². The lowest BCUT2D eigenvalue weighted by Gasteiger charge is -2.04. The second-order valence-corrected chi connectivity index (χ2v) is 4.45. The summed E-state index contributed by atoms with van der Waals surface area (Å²) in [6, 6.07) is 12.5. The predicted octanol–water partition coefficient (Wildman–Crippen LogP) is 3.17. The SMILES string of the molecule is CC(O)c1ccn(CCCc2ccccc2)c1. The summed E-state index contributed by atoms with van der Waals surface area (Å²) in [5.74, 6) is 0. The van der Waals surface area contributed by atoms with Gasteiger partial charge in [0.25, 0.3) is 0 Å². The van der Waals surface area contributed by atoms with Gasteiger partial charge in [0.2, 0.25) is 0 Å². The van der Waals surface area contributed by atoms with Crippen LogP contribution < -0.4 is 0 Å². The summed E-state index contributed by atoms with van der Waals surface area (Å²) in [6.07, 6.45) is 5.91. The summed E-state index contributed by atoms with van der Waals surface area (Å²) in [4.78, 5) is 0. The van der Waals surface area contributed by atoms with Gasteiger partial charge in [-0.15, -0.1) is 0 Å². The zero-order valence-electron chi connectivity index (χ0n) is 10.2. The first-order valence-corrected chi connectivity index (χ1v) is 6.13. The van der Waals surface area contributed by atoms with Crippen molar-refractivity contribution in [2.24, 2.45) is 0 Å². The number of aromatic nitrogens is 1. The maximum Gasteiger partial charge on any atom is 0.0776 e. The molecule has 0 fully saturated rings. The molecule has 1 aromatic carbocycles. The van der Waals surface area contributed by atoms with Crippen LogP contribution in [0, 0.1) is 0 Å². The average Bonchev–Trinajstić information content (AvgIpc) is 2.79. The molecule has 17 heavy (non-hydrogen) atoms. The van der Waals surface area contributed by atoms with Crippen LogP contribution in [0.15, 0.2) is 48.8 Å². The van der Waals surface area contributed by atoms with E-state index < -0.39 is 0 Å². The first-order chi connectivity index (χ1) is 8.25. The van der Waals surface area contributed by atoms with Crippen molar-refractivity contribution in [2.45, 2.75) is 32.4 Å². The molecule has 2 heteroatoms. The predicted molar refractivity (Wildman–Crippen MR) is 69.8 cm³/mol. The van der Waals surface area contributed by atoms with E-state index in [2.05, 4.69) is 28.8 Å². The minimum atomic E-state index is -0.370. The first-order valence-electron chi connectivity index (χ1n) is 6.13. The number of hydrogen-bond donors (Lipinski definition) is 1. The van der Waals surface area contributed by atoms with Crippen LogP contribution in [0.5, 0.6) is 0 Å². The van der Waals surface area contributed by atoms with E-state index in [0.29, 0.717) is 0 Å². The number of aliphatic hydroxyl groups is 1. The van der Waals surface area contributed by atoms with E-state index in [1.807, 2.05) is 24.5 Å². The number of hydrogen-bond acceptors (Lipinski definition) is 1. The average molecular weight is 229 g/mol. The van der Waals surface area contributed by atoms with Crippen LogP contribution in [0.25, 0.3) is 0 Å². The van der Waals surface area contributed by atoms with Gasteiger partial charge in [-0.2, -0.15) is 0 Å². The van der Waals surface area contributed by atoms with E-state index in [-0.39, 0.29) is 6.10 Å². The van der Waals surface area contributed by atoms with Gasteiger partial charge in [0.15, 0.2) is 0 Å². The second-order valence-electron chi connectivity index (χ2n) is 4.45. The molecule has 1 unspecified atom stereocenters.